The Kier molecular flexibility index (Phi) is 4.16. The van der Waals surface area contributed by atoms with Crippen LogP contribution in [0.15, 0.2) is 18.2 Å². The number of rotatable bonds is 3. The van der Waals surface area contributed by atoms with Gasteiger partial charge in [0, 0.05) is 25.2 Å². The molecule has 0 aromatic heterocycles. The van der Waals surface area contributed by atoms with Crippen molar-refractivity contribution in [2.24, 2.45) is 0 Å². The van der Waals surface area contributed by atoms with Gasteiger partial charge in [0.05, 0.1) is 5.69 Å². The topological polar surface area (TPSA) is 24.5 Å². The second kappa shape index (κ2) is 6.04. The standard InChI is InChI=1S/C17H26N2O/c1-13-4-3-5-14(2)19(13)10-8-15-6-7-17-16(12-15)18-9-11-20-17/h6-7,12-14,18H,3-5,8-11H2,1-2H3. The van der Waals surface area contributed by atoms with Crippen LogP contribution in [0.2, 0.25) is 0 Å². The molecular formula is C17H26N2O. The van der Waals surface area contributed by atoms with Crippen LogP contribution < -0.4 is 10.1 Å². The molecule has 0 bridgehead atoms. The largest absolute Gasteiger partial charge is 0.490 e. The summed E-state index contributed by atoms with van der Waals surface area (Å²) in [7, 11) is 0. The summed E-state index contributed by atoms with van der Waals surface area (Å²) >= 11 is 0. The van der Waals surface area contributed by atoms with Gasteiger partial charge in [0.25, 0.3) is 0 Å². The highest BCUT2D eigenvalue weighted by atomic mass is 16.5. The molecule has 1 aromatic rings. The quantitative estimate of drug-likeness (QED) is 0.915. The molecule has 1 fully saturated rings. The van der Waals surface area contributed by atoms with E-state index in [0.29, 0.717) is 0 Å². The highest BCUT2D eigenvalue weighted by molar-refractivity contribution is 5.59. The molecule has 0 radical (unpaired) electrons. The zero-order chi connectivity index (χ0) is 13.9. The summed E-state index contributed by atoms with van der Waals surface area (Å²) in [4.78, 5) is 2.67. The van der Waals surface area contributed by atoms with Gasteiger partial charge in [-0.1, -0.05) is 12.5 Å². The number of hydrogen-bond acceptors (Lipinski definition) is 3. The molecule has 2 heterocycles. The molecule has 1 N–H and O–H groups in total. The average Bonchev–Trinajstić information content (AvgIpc) is 2.46. The van der Waals surface area contributed by atoms with Crippen molar-refractivity contribution in [2.45, 2.75) is 51.6 Å². The molecule has 1 saturated heterocycles. The molecule has 3 heteroatoms. The number of benzene rings is 1. The molecule has 3 rings (SSSR count). The third-order valence-electron chi connectivity index (χ3n) is 4.75. The number of ether oxygens (including phenoxy) is 1. The Labute approximate surface area is 122 Å². The molecule has 2 aliphatic heterocycles. The second-order valence-corrected chi connectivity index (χ2v) is 6.22. The molecular weight excluding hydrogens is 248 g/mol. The van der Waals surface area contributed by atoms with Crippen molar-refractivity contribution >= 4 is 5.69 Å². The first-order chi connectivity index (χ1) is 9.74. The van der Waals surface area contributed by atoms with Gasteiger partial charge in [-0.05, 0) is 50.8 Å². The summed E-state index contributed by atoms with van der Waals surface area (Å²) < 4.78 is 5.63. The van der Waals surface area contributed by atoms with E-state index in [9.17, 15) is 0 Å². The summed E-state index contributed by atoms with van der Waals surface area (Å²) in [5.41, 5.74) is 2.57. The van der Waals surface area contributed by atoms with E-state index in [1.165, 1.54) is 31.4 Å². The van der Waals surface area contributed by atoms with Gasteiger partial charge in [0.15, 0.2) is 0 Å². The first-order valence-corrected chi connectivity index (χ1v) is 7.99. The first kappa shape index (κ1) is 13.7. The lowest BCUT2D eigenvalue weighted by Gasteiger charge is -2.39. The second-order valence-electron chi connectivity index (χ2n) is 6.22. The number of hydrogen-bond donors (Lipinski definition) is 1. The van der Waals surface area contributed by atoms with Crippen molar-refractivity contribution in [3.8, 4) is 5.75 Å². The third-order valence-corrected chi connectivity index (χ3v) is 4.75. The Balaban J connectivity index is 1.63. The van der Waals surface area contributed by atoms with Crippen molar-refractivity contribution in [3.05, 3.63) is 23.8 Å². The number of nitrogens with zero attached hydrogens (tertiary/aromatic N) is 1. The van der Waals surface area contributed by atoms with Crippen LogP contribution >= 0.6 is 0 Å². The molecule has 20 heavy (non-hydrogen) atoms. The van der Waals surface area contributed by atoms with Crippen LogP contribution in [0.25, 0.3) is 0 Å². The number of likely N-dealkylation sites (tertiary alicyclic amines) is 1. The Morgan fingerprint density at radius 1 is 1.25 bits per heavy atom. The van der Waals surface area contributed by atoms with Crippen molar-refractivity contribution in [1.82, 2.24) is 4.90 Å². The molecule has 110 valence electrons. The lowest BCUT2D eigenvalue weighted by atomic mass is 9.97. The van der Waals surface area contributed by atoms with Crippen LogP contribution in [0, 0.1) is 0 Å². The minimum atomic E-state index is 0.734. The molecule has 0 saturated carbocycles. The summed E-state index contributed by atoms with van der Waals surface area (Å²) in [6.45, 7) is 7.60. The SMILES string of the molecule is CC1CCCC(C)N1CCc1ccc2c(c1)NCCO2. The fourth-order valence-electron chi connectivity index (χ4n) is 3.52. The van der Waals surface area contributed by atoms with Gasteiger partial charge in [-0.3, -0.25) is 4.90 Å². The maximum atomic E-state index is 5.63. The first-order valence-electron chi connectivity index (χ1n) is 7.99. The number of nitrogens with one attached hydrogen (secondary N) is 1. The Morgan fingerprint density at radius 2 is 2.05 bits per heavy atom. The maximum absolute atomic E-state index is 5.63. The van der Waals surface area contributed by atoms with Crippen LogP contribution in [0.1, 0.15) is 38.7 Å². The Hall–Kier alpha value is -1.22. The van der Waals surface area contributed by atoms with E-state index in [4.69, 9.17) is 4.74 Å². The van der Waals surface area contributed by atoms with Gasteiger partial charge < -0.3 is 10.1 Å². The molecule has 3 nitrogen and oxygen atoms in total. The van der Waals surface area contributed by atoms with Gasteiger partial charge in [0.1, 0.15) is 12.4 Å². The molecule has 2 unspecified atom stereocenters. The van der Waals surface area contributed by atoms with E-state index >= 15 is 0 Å². The third kappa shape index (κ3) is 2.93. The zero-order valence-corrected chi connectivity index (χ0v) is 12.7. The molecule has 2 atom stereocenters. The summed E-state index contributed by atoms with van der Waals surface area (Å²) in [5.74, 6) is 1.000. The van der Waals surface area contributed by atoms with E-state index in [1.54, 1.807) is 0 Å². The average molecular weight is 274 g/mol. The predicted molar refractivity (Wildman–Crippen MR) is 83.6 cm³/mol. The van der Waals surface area contributed by atoms with Crippen molar-refractivity contribution in [3.63, 3.8) is 0 Å². The number of anilines is 1. The Morgan fingerprint density at radius 3 is 2.85 bits per heavy atom. The van der Waals surface area contributed by atoms with Gasteiger partial charge in [-0.25, -0.2) is 0 Å². The molecule has 0 aliphatic carbocycles. The smallest absolute Gasteiger partial charge is 0.142 e. The summed E-state index contributed by atoms with van der Waals surface area (Å²) in [5, 5.41) is 3.42. The lowest BCUT2D eigenvalue weighted by Crippen LogP contribution is -2.44. The van der Waals surface area contributed by atoms with E-state index in [2.05, 4.69) is 42.3 Å². The highest BCUT2D eigenvalue weighted by Gasteiger charge is 2.24. The van der Waals surface area contributed by atoms with Crippen LogP contribution in [0.5, 0.6) is 5.75 Å². The molecule has 2 aliphatic rings. The fourth-order valence-corrected chi connectivity index (χ4v) is 3.52. The number of fused-ring (bicyclic) bond motifs is 1. The summed E-state index contributed by atoms with van der Waals surface area (Å²) in [6, 6.07) is 8.05. The van der Waals surface area contributed by atoms with Crippen LogP contribution in [-0.4, -0.2) is 36.7 Å². The minimum absolute atomic E-state index is 0.734. The number of piperidine rings is 1. The summed E-state index contributed by atoms with van der Waals surface area (Å²) in [6.07, 6.45) is 5.22. The Bertz CT molecular complexity index is 450. The lowest BCUT2D eigenvalue weighted by molar-refractivity contribution is 0.105. The molecule has 0 spiro atoms. The van der Waals surface area contributed by atoms with E-state index in [1.807, 2.05) is 0 Å². The van der Waals surface area contributed by atoms with E-state index in [0.717, 1.165) is 43.1 Å². The predicted octanol–water partition coefficient (Wildman–Crippen LogP) is 3.30. The van der Waals surface area contributed by atoms with Crippen LogP contribution in [0.4, 0.5) is 5.69 Å². The zero-order valence-electron chi connectivity index (χ0n) is 12.7. The highest BCUT2D eigenvalue weighted by Crippen LogP contribution is 2.29. The van der Waals surface area contributed by atoms with E-state index < -0.39 is 0 Å². The monoisotopic (exact) mass is 274 g/mol. The normalized spacial score (nSPS) is 26.5. The minimum Gasteiger partial charge on any atom is -0.490 e. The van der Waals surface area contributed by atoms with E-state index in [-0.39, 0.29) is 0 Å². The maximum Gasteiger partial charge on any atom is 0.142 e. The molecule has 1 aromatic carbocycles. The van der Waals surface area contributed by atoms with Crippen molar-refractivity contribution in [2.75, 3.05) is 25.0 Å². The van der Waals surface area contributed by atoms with Crippen molar-refractivity contribution < 1.29 is 4.74 Å². The fraction of sp³-hybridized carbons (Fsp3) is 0.647. The van der Waals surface area contributed by atoms with Gasteiger partial charge >= 0.3 is 0 Å². The van der Waals surface area contributed by atoms with Crippen LogP contribution in [0.3, 0.4) is 0 Å². The van der Waals surface area contributed by atoms with Gasteiger partial charge in [0.2, 0.25) is 0 Å². The van der Waals surface area contributed by atoms with Gasteiger partial charge in [-0.15, -0.1) is 0 Å². The van der Waals surface area contributed by atoms with Crippen LogP contribution in [-0.2, 0) is 6.42 Å². The molecule has 0 amide bonds. The van der Waals surface area contributed by atoms with Gasteiger partial charge in [-0.2, -0.15) is 0 Å². The van der Waals surface area contributed by atoms with Crippen molar-refractivity contribution in [1.29, 1.82) is 0 Å².